The van der Waals surface area contributed by atoms with E-state index in [0.29, 0.717) is 5.56 Å². The van der Waals surface area contributed by atoms with E-state index in [9.17, 15) is 18.4 Å². The molecule has 30 heavy (non-hydrogen) atoms. The number of ketones is 1. The fourth-order valence-corrected chi connectivity index (χ4v) is 3.04. The van der Waals surface area contributed by atoms with Crippen LogP contribution in [0.5, 0.6) is 0 Å². The van der Waals surface area contributed by atoms with Gasteiger partial charge in [-0.1, -0.05) is 12.1 Å². The number of carbonyl (C=O) groups is 2. The first-order valence-electron chi connectivity index (χ1n) is 9.01. The molecule has 2 N–H and O–H groups in total. The number of urea groups is 1. The normalized spacial score (nSPS) is 10.6. The van der Waals surface area contributed by atoms with Gasteiger partial charge in [-0.15, -0.1) is 0 Å². The van der Waals surface area contributed by atoms with Crippen LogP contribution < -0.4 is 10.6 Å². The number of hydrogen-bond donors (Lipinski definition) is 2. The first-order valence-corrected chi connectivity index (χ1v) is 9.01. The molecule has 148 valence electrons. The van der Waals surface area contributed by atoms with Gasteiger partial charge in [0.1, 0.15) is 11.6 Å². The van der Waals surface area contributed by atoms with Gasteiger partial charge in [-0.3, -0.25) is 9.78 Å². The van der Waals surface area contributed by atoms with Gasteiger partial charge in [0, 0.05) is 34.1 Å². The monoisotopic (exact) mass is 403 g/mol. The summed E-state index contributed by atoms with van der Waals surface area (Å²) in [6.45, 7) is 0. The lowest BCUT2D eigenvalue weighted by Crippen LogP contribution is -2.20. The number of fused-ring (bicyclic) bond motifs is 1. The van der Waals surface area contributed by atoms with E-state index in [4.69, 9.17) is 0 Å². The van der Waals surface area contributed by atoms with Gasteiger partial charge in [0.15, 0.2) is 5.78 Å². The second kappa shape index (κ2) is 8.08. The Hall–Kier alpha value is -4.13. The average Bonchev–Trinajstić information content (AvgIpc) is 2.72. The maximum atomic E-state index is 14.1. The Bertz CT molecular complexity index is 1270. The molecular weight excluding hydrogens is 388 g/mol. The van der Waals surface area contributed by atoms with Crippen molar-refractivity contribution in [3.63, 3.8) is 0 Å². The van der Waals surface area contributed by atoms with E-state index < -0.39 is 23.4 Å². The highest BCUT2D eigenvalue weighted by atomic mass is 19.1. The van der Waals surface area contributed by atoms with Gasteiger partial charge in [0.2, 0.25) is 0 Å². The third-order valence-electron chi connectivity index (χ3n) is 4.37. The second-order valence-electron chi connectivity index (χ2n) is 6.56. The minimum atomic E-state index is -0.693. The van der Waals surface area contributed by atoms with E-state index in [0.717, 1.165) is 29.1 Å². The SMILES string of the molecule is O=C(Nc1cccc(F)c1)Nc1cc(F)cc(C(=O)c2ccc3ncccc3c2)c1. The molecule has 0 atom stereocenters. The number of aromatic nitrogens is 1. The summed E-state index contributed by atoms with van der Waals surface area (Å²) in [6, 6.07) is 16.8. The van der Waals surface area contributed by atoms with Crippen LogP contribution in [0.1, 0.15) is 15.9 Å². The first-order chi connectivity index (χ1) is 14.5. The fourth-order valence-electron chi connectivity index (χ4n) is 3.04. The van der Waals surface area contributed by atoms with Gasteiger partial charge in [0.25, 0.3) is 0 Å². The van der Waals surface area contributed by atoms with E-state index in [1.807, 2.05) is 6.07 Å². The molecule has 0 aliphatic heterocycles. The lowest BCUT2D eigenvalue weighted by Gasteiger charge is -2.10. The zero-order chi connectivity index (χ0) is 21.1. The summed E-state index contributed by atoms with van der Waals surface area (Å²) < 4.78 is 27.3. The number of halogens is 2. The van der Waals surface area contributed by atoms with Gasteiger partial charge >= 0.3 is 6.03 Å². The molecule has 0 unspecified atom stereocenters. The Labute approximate surface area is 170 Å². The number of nitrogens with zero attached hydrogens (tertiary/aromatic N) is 1. The predicted molar refractivity (Wildman–Crippen MR) is 111 cm³/mol. The Kier molecular flexibility index (Phi) is 5.17. The quantitative estimate of drug-likeness (QED) is 0.449. The van der Waals surface area contributed by atoms with Crippen LogP contribution in [0.2, 0.25) is 0 Å². The van der Waals surface area contributed by atoms with E-state index in [-0.39, 0.29) is 16.9 Å². The average molecular weight is 403 g/mol. The molecule has 0 fully saturated rings. The zero-order valence-corrected chi connectivity index (χ0v) is 15.5. The molecule has 0 aliphatic rings. The molecule has 2 amide bonds. The Morgan fingerprint density at radius 3 is 2.37 bits per heavy atom. The molecule has 3 aromatic carbocycles. The van der Waals surface area contributed by atoms with Crippen molar-refractivity contribution < 1.29 is 18.4 Å². The third-order valence-corrected chi connectivity index (χ3v) is 4.37. The molecule has 4 aromatic rings. The summed E-state index contributed by atoms with van der Waals surface area (Å²) in [5.74, 6) is -1.57. The van der Waals surface area contributed by atoms with Crippen LogP contribution in [-0.2, 0) is 0 Å². The first kappa shape index (κ1) is 19.2. The van der Waals surface area contributed by atoms with Gasteiger partial charge in [0.05, 0.1) is 5.52 Å². The van der Waals surface area contributed by atoms with E-state index in [1.165, 1.54) is 24.3 Å². The van der Waals surface area contributed by atoms with Crippen molar-refractivity contribution in [3.05, 3.63) is 102 Å². The van der Waals surface area contributed by atoms with Crippen molar-refractivity contribution in [3.8, 4) is 0 Å². The molecule has 1 heterocycles. The number of pyridine rings is 1. The zero-order valence-electron chi connectivity index (χ0n) is 15.5. The summed E-state index contributed by atoms with van der Waals surface area (Å²) in [5.41, 5.74) is 1.53. The molecule has 0 radical (unpaired) electrons. The molecule has 0 saturated heterocycles. The van der Waals surface area contributed by atoms with Crippen LogP contribution in [0.3, 0.4) is 0 Å². The van der Waals surface area contributed by atoms with E-state index in [1.54, 1.807) is 30.5 Å². The second-order valence-corrected chi connectivity index (χ2v) is 6.56. The molecule has 0 spiro atoms. The standard InChI is InChI=1S/C23H15F2N3O2/c24-17-4-1-5-19(12-17)27-23(30)28-20-11-16(10-18(25)13-20)22(29)15-6-7-21-14(9-15)3-2-8-26-21/h1-13H,(H2,27,28,30). The van der Waals surface area contributed by atoms with Crippen LogP contribution in [0, 0.1) is 11.6 Å². The smallest absolute Gasteiger partial charge is 0.308 e. The number of amides is 2. The minimum absolute atomic E-state index is 0.0827. The lowest BCUT2D eigenvalue weighted by molar-refractivity contribution is 0.103. The van der Waals surface area contributed by atoms with Crippen molar-refractivity contribution in [2.24, 2.45) is 0 Å². The largest absolute Gasteiger partial charge is 0.323 e. The number of benzene rings is 3. The summed E-state index contributed by atoms with van der Waals surface area (Å²) >= 11 is 0. The highest BCUT2D eigenvalue weighted by Gasteiger charge is 2.14. The molecule has 7 heteroatoms. The number of anilines is 2. The summed E-state index contributed by atoms with van der Waals surface area (Å²) in [4.78, 5) is 29.2. The predicted octanol–water partition coefficient (Wildman–Crippen LogP) is 5.39. The van der Waals surface area contributed by atoms with Crippen molar-refractivity contribution in [1.82, 2.24) is 4.98 Å². The van der Waals surface area contributed by atoms with Gasteiger partial charge < -0.3 is 10.6 Å². The van der Waals surface area contributed by atoms with Crippen molar-refractivity contribution >= 4 is 34.1 Å². The Morgan fingerprint density at radius 2 is 1.53 bits per heavy atom. The molecule has 1 aromatic heterocycles. The number of nitrogens with one attached hydrogen (secondary N) is 2. The Morgan fingerprint density at radius 1 is 0.733 bits per heavy atom. The maximum absolute atomic E-state index is 14.1. The number of rotatable bonds is 4. The van der Waals surface area contributed by atoms with Crippen molar-refractivity contribution in [1.29, 1.82) is 0 Å². The van der Waals surface area contributed by atoms with Crippen LogP contribution >= 0.6 is 0 Å². The topological polar surface area (TPSA) is 71.1 Å². The third kappa shape index (κ3) is 4.30. The number of hydrogen-bond acceptors (Lipinski definition) is 3. The van der Waals surface area contributed by atoms with Crippen molar-refractivity contribution in [2.45, 2.75) is 0 Å². The van der Waals surface area contributed by atoms with Crippen LogP contribution in [0.4, 0.5) is 25.0 Å². The summed E-state index contributed by atoms with van der Waals surface area (Å²) in [7, 11) is 0. The summed E-state index contributed by atoms with van der Waals surface area (Å²) in [6.07, 6.45) is 1.66. The van der Waals surface area contributed by atoms with Gasteiger partial charge in [-0.25, -0.2) is 13.6 Å². The Balaban J connectivity index is 1.56. The highest BCUT2D eigenvalue weighted by Crippen LogP contribution is 2.20. The molecule has 5 nitrogen and oxygen atoms in total. The molecular formula is C23H15F2N3O2. The van der Waals surface area contributed by atoms with E-state index in [2.05, 4.69) is 15.6 Å². The molecule has 0 bridgehead atoms. The minimum Gasteiger partial charge on any atom is -0.308 e. The maximum Gasteiger partial charge on any atom is 0.323 e. The highest BCUT2D eigenvalue weighted by molar-refractivity contribution is 6.11. The van der Waals surface area contributed by atoms with Crippen LogP contribution in [0.25, 0.3) is 10.9 Å². The lowest BCUT2D eigenvalue weighted by atomic mass is 10.0. The molecule has 0 aliphatic carbocycles. The van der Waals surface area contributed by atoms with Crippen LogP contribution in [0.15, 0.2) is 79.0 Å². The van der Waals surface area contributed by atoms with Crippen molar-refractivity contribution in [2.75, 3.05) is 10.6 Å². The van der Waals surface area contributed by atoms with E-state index >= 15 is 0 Å². The number of carbonyl (C=O) groups excluding carboxylic acids is 2. The summed E-state index contributed by atoms with van der Waals surface area (Å²) in [5, 5.41) is 5.68. The van der Waals surface area contributed by atoms with Gasteiger partial charge in [-0.05, 0) is 60.7 Å². The van der Waals surface area contributed by atoms with Gasteiger partial charge in [-0.2, -0.15) is 0 Å². The van der Waals surface area contributed by atoms with Crippen LogP contribution in [-0.4, -0.2) is 16.8 Å². The molecule has 4 rings (SSSR count). The molecule has 0 saturated carbocycles. The fraction of sp³-hybridized carbons (Fsp3) is 0.